The van der Waals surface area contributed by atoms with Crippen molar-refractivity contribution in [2.75, 3.05) is 24.6 Å². The summed E-state index contributed by atoms with van der Waals surface area (Å²) in [7, 11) is 0. The molecular formula is C10H20N2OS. The van der Waals surface area contributed by atoms with Gasteiger partial charge in [0.2, 0.25) is 5.91 Å². The van der Waals surface area contributed by atoms with E-state index in [1.165, 1.54) is 0 Å². The van der Waals surface area contributed by atoms with Crippen molar-refractivity contribution in [3.05, 3.63) is 0 Å². The Morgan fingerprint density at radius 2 is 2.36 bits per heavy atom. The van der Waals surface area contributed by atoms with Gasteiger partial charge in [0.05, 0.1) is 6.04 Å². The summed E-state index contributed by atoms with van der Waals surface area (Å²) < 4.78 is 0. The standard InChI is InChI=1S/C10H20N2OS/c1-4-12(8(2)3)10(13)9-7-14-6-5-11-9/h8-9,11H,4-7H2,1-3H3. The average molecular weight is 216 g/mol. The number of nitrogens with zero attached hydrogens (tertiary/aromatic N) is 1. The molecule has 1 unspecified atom stereocenters. The second kappa shape index (κ2) is 5.61. The van der Waals surface area contributed by atoms with E-state index in [1.54, 1.807) is 0 Å². The molecule has 1 aliphatic heterocycles. The van der Waals surface area contributed by atoms with Gasteiger partial charge >= 0.3 is 0 Å². The summed E-state index contributed by atoms with van der Waals surface area (Å²) in [5.74, 6) is 2.30. The third-order valence-corrected chi connectivity index (χ3v) is 3.53. The van der Waals surface area contributed by atoms with Crippen LogP contribution in [-0.4, -0.2) is 47.5 Å². The normalized spacial score (nSPS) is 22.4. The van der Waals surface area contributed by atoms with Gasteiger partial charge in [-0.3, -0.25) is 4.79 Å². The minimum absolute atomic E-state index is 0.0381. The van der Waals surface area contributed by atoms with Gasteiger partial charge in [-0.25, -0.2) is 0 Å². The molecule has 1 heterocycles. The lowest BCUT2D eigenvalue weighted by Gasteiger charge is -2.31. The Bertz CT molecular complexity index is 191. The molecule has 1 atom stereocenters. The second-order valence-electron chi connectivity index (χ2n) is 3.80. The molecule has 1 saturated heterocycles. The zero-order valence-electron chi connectivity index (χ0n) is 9.25. The summed E-state index contributed by atoms with van der Waals surface area (Å²) in [4.78, 5) is 14.0. The number of carbonyl (C=O) groups is 1. The Morgan fingerprint density at radius 1 is 1.64 bits per heavy atom. The third kappa shape index (κ3) is 2.89. The molecule has 3 nitrogen and oxygen atoms in total. The van der Waals surface area contributed by atoms with Crippen LogP contribution < -0.4 is 5.32 Å². The Balaban J connectivity index is 2.52. The van der Waals surface area contributed by atoms with Crippen molar-refractivity contribution in [2.24, 2.45) is 0 Å². The average Bonchev–Trinajstić information content (AvgIpc) is 2.19. The second-order valence-corrected chi connectivity index (χ2v) is 4.95. The minimum Gasteiger partial charge on any atom is -0.339 e. The Labute approximate surface area is 90.6 Å². The predicted molar refractivity (Wildman–Crippen MR) is 61.6 cm³/mol. The molecule has 82 valence electrons. The van der Waals surface area contributed by atoms with E-state index in [1.807, 2.05) is 23.6 Å². The van der Waals surface area contributed by atoms with E-state index < -0.39 is 0 Å². The molecule has 0 radical (unpaired) electrons. The molecule has 1 fully saturated rings. The van der Waals surface area contributed by atoms with E-state index in [4.69, 9.17) is 0 Å². The van der Waals surface area contributed by atoms with Crippen molar-refractivity contribution in [3.63, 3.8) is 0 Å². The predicted octanol–water partition coefficient (Wildman–Crippen LogP) is 0.948. The fourth-order valence-electron chi connectivity index (χ4n) is 1.70. The van der Waals surface area contributed by atoms with Crippen molar-refractivity contribution < 1.29 is 4.79 Å². The maximum Gasteiger partial charge on any atom is 0.240 e. The number of hydrogen-bond donors (Lipinski definition) is 1. The van der Waals surface area contributed by atoms with Crippen molar-refractivity contribution in [1.29, 1.82) is 0 Å². The fraction of sp³-hybridized carbons (Fsp3) is 0.900. The fourth-order valence-corrected chi connectivity index (χ4v) is 2.62. The van der Waals surface area contributed by atoms with Crippen LogP contribution in [0.15, 0.2) is 0 Å². The third-order valence-electron chi connectivity index (χ3n) is 2.47. The summed E-state index contributed by atoms with van der Waals surface area (Å²) in [6.45, 7) is 7.93. The first-order valence-electron chi connectivity index (χ1n) is 5.28. The van der Waals surface area contributed by atoms with Gasteiger partial charge in [0.15, 0.2) is 0 Å². The highest BCUT2D eigenvalue weighted by molar-refractivity contribution is 7.99. The molecule has 0 aromatic rings. The molecule has 4 heteroatoms. The van der Waals surface area contributed by atoms with Crippen LogP contribution in [-0.2, 0) is 4.79 Å². The van der Waals surface area contributed by atoms with E-state index in [0.29, 0.717) is 6.04 Å². The molecule has 0 bridgehead atoms. The smallest absolute Gasteiger partial charge is 0.240 e. The minimum atomic E-state index is 0.0381. The number of hydrogen-bond acceptors (Lipinski definition) is 3. The van der Waals surface area contributed by atoms with Crippen LogP contribution in [0.1, 0.15) is 20.8 Å². The van der Waals surface area contributed by atoms with Crippen molar-refractivity contribution in [2.45, 2.75) is 32.9 Å². The molecule has 1 rings (SSSR count). The topological polar surface area (TPSA) is 32.3 Å². The molecule has 1 aliphatic rings. The van der Waals surface area contributed by atoms with Gasteiger partial charge in [-0.1, -0.05) is 0 Å². The summed E-state index contributed by atoms with van der Waals surface area (Å²) in [5.41, 5.74) is 0. The number of thioether (sulfide) groups is 1. The highest BCUT2D eigenvalue weighted by Gasteiger charge is 2.26. The first kappa shape index (κ1) is 11.9. The molecular weight excluding hydrogens is 196 g/mol. The molecule has 1 amide bonds. The van der Waals surface area contributed by atoms with Crippen molar-refractivity contribution in [3.8, 4) is 0 Å². The van der Waals surface area contributed by atoms with E-state index in [2.05, 4.69) is 19.2 Å². The first-order valence-corrected chi connectivity index (χ1v) is 6.44. The lowest BCUT2D eigenvalue weighted by molar-refractivity contribution is -0.134. The van der Waals surface area contributed by atoms with Gasteiger partial charge in [0.1, 0.15) is 0 Å². The van der Waals surface area contributed by atoms with E-state index >= 15 is 0 Å². The van der Waals surface area contributed by atoms with Crippen LogP contribution >= 0.6 is 11.8 Å². The maximum absolute atomic E-state index is 12.0. The molecule has 0 aromatic carbocycles. The van der Waals surface area contributed by atoms with Gasteiger partial charge in [0, 0.05) is 30.6 Å². The summed E-state index contributed by atoms with van der Waals surface area (Å²) in [5, 5.41) is 3.28. The lowest BCUT2D eigenvalue weighted by atomic mass is 10.2. The molecule has 0 aromatic heterocycles. The first-order chi connectivity index (χ1) is 6.66. The van der Waals surface area contributed by atoms with Crippen LogP contribution in [0, 0.1) is 0 Å². The van der Waals surface area contributed by atoms with Gasteiger partial charge in [-0.2, -0.15) is 11.8 Å². The van der Waals surface area contributed by atoms with E-state index in [0.717, 1.165) is 24.6 Å². The van der Waals surface area contributed by atoms with E-state index in [-0.39, 0.29) is 11.9 Å². The van der Waals surface area contributed by atoms with Crippen LogP contribution in [0.4, 0.5) is 0 Å². The molecule has 0 saturated carbocycles. The number of rotatable bonds is 3. The Kier molecular flexibility index (Phi) is 4.75. The number of amides is 1. The lowest BCUT2D eigenvalue weighted by Crippen LogP contribution is -2.52. The zero-order valence-corrected chi connectivity index (χ0v) is 10.1. The summed E-state index contributed by atoms with van der Waals surface area (Å²) >= 11 is 1.86. The summed E-state index contributed by atoms with van der Waals surface area (Å²) in [6, 6.07) is 0.345. The highest BCUT2D eigenvalue weighted by atomic mass is 32.2. The SMILES string of the molecule is CCN(C(=O)C1CSCCN1)C(C)C. The zero-order chi connectivity index (χ0) is 10.6. The Hall–Kier alpha value is -0.220. The van der Waals surface area contributed by atoms with E-state index in [9.17, 15) is 4.79 Å². The van der Waals surface area contributed by atoms with Crippen LogP contribution in [0.2, 0.25) is 0 Å². The Morgan fingerprint density at radius 3 is 2.79 bits per heavy atom. The quantitative estimate of drug-likeness (QED) is 0.762. The van der Waals surface area contributed by atoms with Crippen molar-refractivity contribution in [1.82, 2.24) is 10.2 Å². The highest BCUT2D eigenvalue weighted by Crippen LogP contribution is 2.11. The number of nitrogens with one attached hydrogen (secondary N) is 1. The van der Waals surface area contributed by atoms with Crippen LogP contribution in [0.5, 0.6) is 0 Å². The van der Waals surface area contributed by atoms with Crippen LogP contribution in [0.3, 0.4) is 0 Å². The van der Waals surface area contributed by atoms with Gasteiger partial charge < -0.3 is 10.2 Å². The molecule has 14 heavy (non-hydrogen) atoms. The monoisotopic (exact) mass is 216 g/mol. The van der Waals surface area contributed by atoms with Crippen LogP contribution in [0.25, 0.3) is 0 Å². The van der Waals surface area contributed by atoms with Crippen molar-refractivity contribution >= 4 is 17.7 Å². The number of likely N-dealkylation sites (N-methyl/N-ethyl adjacent to an activating group) is 1. The van der Waals surface area contributed by atoms with Gasteiger partial charge in [-0.15, -0.1) is 0 Å². The maximum atomic E-state index is 12.0. The van der Waals surface area contributed by atoms with Gasteiger partial charge in [0.25, 0.3) is 0 Å². The molecule has 1 N–H and O–H groups in total. The van der Waals surface area contributed by atoms with Gasteiger partial charge in [-0.05, 0) is 20.8 Å². The summed E-state index contributed by atoms with van der Waals surface area (Å²) in [6.07, 6.45) is 0. The number of carbonyl (C=O) groups excluding carboxylic acids is 1. The molecule has 0 aliphatic carbocycles. The largest absolute Gasteiger partial charge is 0.339 e. The molecule has 0 spiro atoms.